The molecule has 2 atom stereocenters. The molecule has 104 valence electrons. The molecular weight excluding hydrogens is 252 g/mol. The largest absolute Gasteiger partial charge is 0.379 e. The molecule has 1 saturated heterocycles. The molecule has 5 nitrogen and oxygen atoms in total. The summed E-state index contributed by atoms with van der Waals surface area (Å²) in [7, 11) is 0. The second-order valence-electron chi connectivity index (χ2n) is 4.93. The lowest BCUT2D eigenvalue weighted by molar-refractivity contribution is 0.118. The molecule has 0 bridgehead atoms. The highest BCUT2D eigenvalue weighted by molar-refractivity contribution is 5.34. The second kappa shape index (κ2) is 5.98. The van der Waals surface area contributed by atoms with Crippen LogP contribution in [0.25, 0.3) is 5.69 Å². The minimum absolute atomic E-state index is 0.227. The minimum atomic E-state index is 0.227. The number of nitrogens with one attached hydrogen (secondary N) is 1. The summed E-state index contributed by atoms with van der Waals surface area (Å²) in [6.07, 6.45) is 5.17. The molecule has 2 aromatic rings. The van der Waals surface area contributed by atoms with E-state index in [0.717, 1.165) is 18.8 Å². The zero-order valence-corrected chi connectivity index (χ0v) is 11.3. The third kappa shape index (κ3) is 2.79. The molecule has 3 rings (SSSR count). The third-order valence-electron chi connectivity index (χ3n) is 3.55. The molecule has 0 spiro atoms. The van der Waals surface area contributed by atoms with E-state index in [-0.39, 0.29) is 6.04 Å². The first kappa shape index (κ1) is 13.0. The van der Waals surface area contributed by atoms with Gasteiger partial charge in [-0.3, -0.25) is 0 Å². The number of aromatic nitrogens is 3. The van der Waals surface area contributed by atoms with Crippen molar-refractivity contribution in [3.63, 3.8) is 0 Å². The van der Waals surface area contributed by atoms with Crippen LogP contribution in [0, 0.1) is 5.92 Å². The van der Waals surface area contributed by atoms with E-state index in [1.807, 2.05) is 18.2 Å². The van der Waals surface area contributed by atoms with E-state index >= 15 is 0 Å². The van der Waals surface area contributed by atoms with Gasteiger partial charge in [-0.2, -0.15) is 5.10 Å². The number of rotatable bonds is 3. The van der Waals surface area contributed by atoms with Crippen LogP contribution in [0.15, 0.2) is 49.6 Å². The SMILES string of the molecule is C=C[C@H]1CN[C@@H](c2ccc(-n3cncn3)cc2)COC1. The minimum Gasteiger partial charge on any atom is -0.379 e. The topological polar surface area (TPSA) is 52.0 Å². The van der Waals surface area contributed by atoms with Gasteiger partial charge in [-0.05, 0) is 17.7 Å². The molecule has 5 heteroatoms. The van der Waals surface area contributed by atoms with Gasteiger partial charge >= 0.3 is 0 Å². The molecule has 2 heterocycles. The van der Waals surface area contributed by atoms with E-state index in [1.54, 1.807) is 11.0 Å². The first-order valence-electron chi connectivity index (χ1n) is 6.75. The van der Waals surface area contributed by atoms with E-state index in [2.05, 4.69) is 34.1 Å². The van der Waals surface area contributed by atoms with Crippen molar-refractivity contribution in [3.05, 3.63) is 55.1 Å². The van der Waals surface area contributed by atoms with Crippen LogP contribution in [0.2, 0.25) is 0 Å². The standard InChI is InChI=1S/C15H18N4O/c1-2-12-7-17-15(9-20-8-12)13-3-5-14(6-4-13)19-11-16-10-18-19/h2-6,10-12,15,17H,1,7-9H2/t12-,15+/m0/s1. The van der Waals surface area contributed by atoms with Crippen molar-refractivity contribution in [2.75, 3.05) is 19.8 Å². The Morgan fingerprint density at radius 3 is 2.85 bits per heavy atom. The molecule has 0 amide bonds. The second-order valence-corrected chi connectivity index (χ2v) is 4.93. The van der Waals surface area contributed by atoms with Gasteiger partial charge in [0.1, 0.15) is 12.7 Å². The van der Waals surface area contributed by atoms with Crippen LogP contribution in [-0.2, 0) is 4.74 Å². The monoisotopic (exact) mass is 270 g/mol. The van der Waals surface area contributed by atoms with Crippen LogP contribution < -0.4 is 5.32 Å². The Labute approximate surface area is 118 Å². The van der Waals surface area contributed by atoms with Gasteiger partial charge in [0.25, 0.3) is 0 Å². The number of hydrogen-bond acceptors (Lipinski definition) is 4. The van der Waals surface area contributed by atoms with Gasteiger partial charge in [0, 0.05) is 12.5 Å². The summed E-state index contributed by atoms with van der Waals surface area (Å²) in [6.45, 7) is 6.16. The van der Waals surface area contributed by atoms with E-state index in [1.165, 1.54) is 11.9 Å². The maximum Gasteiger partial charge on any atom is 0.138 e. The Hall–Kier alpha value is -1.98. The van der Waals surface area contributed by atoms with Gasteiger partial charge in [0.15, 0.2) is 0 Å². The Kier molecular flexibility index (Phi) is 3.90. The first-order chi connectivity index (χ1) is 9.86. The van der Waals surface area contributed by atoms with Crippen molar-refractivity contribution >= 4 is 0 Å². The Morgan fingerprint density at radius 1 is 1.30 bits per heavy atom. The molecule has 0 saturated carbocycles. The van der Waals surface area contributed by atoms with E-state index < -0.39 is 0 Å². The van der Waals surface area contributed by atoms with Crippen molar-refractivity contribution in [2.24, 2.45) is 5.92 Å². The van der Waals surface area contributed by atoms with Gasteiger partial charge in [0.05, 0.1) is 24.9 Å². The Morgan fingerprint density at radius 2 is 2.15 bits per heavy atom. The summed E-state index contributed by atoms with van der Waals surface area (Å²) in [5.74, 6) is 0.384. The van der Waals surface area contributed by atoms with Crippen molar-refractivity contribution in [2.45, 2.75) is 6.04 Å². The highest BCUT2D eigenvalue weighted by Crippen LogP contribution is 2.19. The Balaban J connectivity index is 1.72. The summed E-state index contributed by atoms with van der Waals surface area (Å²) in [5, 5.41) is 7.64. The van der Waals surface area contributed by atoms with Crippen LogP contribution in [0.3, 0.4) is 0 Å². The predicted octanol–water partition coefficient (Wildman–Crippen LogP) is 1.73. The molecule has 1 aliphatic heterocycles. The zero-order chi connectivity index (χ0) is 13.8. The van der Waals surface area contributed by atoms with Gasteiger partial charge in [0.2, 0.25) is 0 Å². The number of nitrogens with zero attached hydrogens (tertiary/aromatic N) is 3. The molecule has 0 unspecified atom stereocenters. The summed E-state index contributed by atoms with van der Waals surface area (Å²) >= 11 is 0. The molecule has 0 radical (unpaired) electrons. The maximum absolute atomic E-state index is 5.71. The fourth-order valence-corrected chi connectivity index (χ4v) is 2.32. The molecule has 0 aliphatic carbocycles. The van der Waals surface area contributed by atoms with Crippen molar-refractivity contribution < 1.29 is 4.74 Å². The predicted molar refractivity (Wildman–Crippen MR) is 76.6 cm³/mol. The number of ether oxygens (including phenoxy) is 1. The first-order valence-corrected chi connectivity index (χ1v) is 6.75. The highest BCUT2D eigenvalue weighted by Gasteiger charge is 2.18. The van der Waals surface area contributed by atoms with Gasteiger partial charge in [-0.15, -0.1) is 6.58 Å². The van der Waals surface area contributed by atoms with Crippen LogP contribution in [0.5, 0.6) is 0 Å². The van der Waals surface area contributed by atoms with Crippen LogP contribution in [0.4, 0.5) is 0 Å². The highest BCUT2D eigenvalue weighted by atomic mass is 16.5. The molecule has 1 N–H and O–H groups in total. The molecular formula is C15H18N4O. The van der Waals surface area contributed by atoms with Crippen LogP contribution in [0.1, 0.15) is 11.6 Å². The van der Waals surface area contributed by atoms with Gasteiger partial charge < -0.3 is 10.1 Å². The number of hydrogen-bond donors (Lipinski definition) is 1. The lowest BCUT2D eigenvalue weighted by atomic mass is 10.1. The Bertz CT molecular complexity index is 550. The quantitative estimate of drug-likeness (QED) is 0.863. The van der Waals surface area contributed by atoms with Crippen molar-refractivity contribution in [3.8, 4) is 5.69 Å². The number of benzene rings is 1. The van der Waals surface area contributed by atoms with E-state index in [4.69, 9.17) is 4.74 Å². The van der Waals surface area contributed by atoms with Crippen LogP contribution >= 0.6 is 0 Å². The average molecular weight is 270 g/mol. The summed E-state index contributed by atoms with van der Waals surface area (Å²) in [6, 6.07) is 8.52. The zero-order valence-electron chi connectivity index (χ0n) is 11.3. The molecule has 1 aromatic carbocycles. The van der Waals surface area contributed by atoms with Crippen molar-refractivity contribution in [1.29, 1.82) is 0 Å². The molecule has 1 aromatic heterocycles. The lowest BCUT2D eigenvalue weighted by Crippen LogP contribution is -2.26. The fraction of sp³-hybridized carbons (Fsp3) is 0.333. The van der Waals surface area contributed by atoms with Crippen molar-refractivity contribution in [1.82, 2.24) is 20.1 Å². The van der Waals surface area contributed by atoms with E-state index in [9.17, 15) is 0 Å². The average Bonchev–Trinajstić information content (AvgIpc) is 2.92. The lowest BCUT2D eigenvalue weighted by Gasteiger charge is -2.16. The third-order valence-corrected chi connectivity index (χ3v) is 3.55. The fourth-order valence-electron chi connectivity index (χ4n) is 2.32. The molecule has 1 aliphatic rings. The summed E-state index contributed by atoms with van der Waals surface area (Å²) in [5.41, 5.74) is 2.23. The smallest absolute Gasteiger partial charge is 0.138 e. The molecule has 20 heavy (non-hydrogen) atoms. The normalized spacial score (nSPS) is 23.2. The van der Waals surface area contributed by atoms with E-state index in [0.29, 0.717) is 12.5 Å². The molecule has 1 fully saturated rings. The van der Waals surface area contributed by atoms with Gasteiger partial charge in [-0.1, -0.05) is 18.2 Å². The van der Waals surface area contributed by atoms with Gasteiger partial charge in [-0.25, -0.2) is 9.67 Å². The summed E-state index contributed by atoms with van der Waals surface area (Å²) < 4.78 is 7.45. The van der Waals surface area contributed by atoms with Crippen LogP contribution in [-0.4, -0.2) is 34.5 Å². The summed E-state index contributed by atoms with van der Waals surface area (Å²) in [4.78, 5) is 3.95. The maximum atomic E-state index is 5.71.